The maximum Gasteiger partial charge on any atom is 0.242 e. The van der Waals surface area contributed by atoms with Gasteiger partial charge < -0.3 is 10.5 Å². The monoisotopic (exact) mass is 382 g/mol. The first-order chi connectivity index (χ1) is 10.3. The molecule has 0 aliphatic heterocycles. The third-order valence-electron chi connectivity index (χ3n) is 4.58. The first kappa shape index (κ1) is 20.5. The lowest BCUT2D eigenvalue weighted by Crippen LogP contribution is -2.58. The van der Waals surface area contributed by atoms with Crippen LogP contribution in [-0.4, -0.2) is 27.6 Å². The van der Waals surface area contributed by atoms with Gasteiger partial charge in [0.1, 0.15) is 10.6 Å². The predicted octanol–water partition coefficient (Wildman–Crippen LogP) is 2.96. The second-order valence-corrected chi connectivity index (χ2v) is 7.97. The Labute approximate surface area is 149 Å². The van der Waals surface area contributed by atoms with E-state index in [1.807, 2.05) is 6.92 Å². The summed E-state index contributed by atoms with van der Waals surface area (Å²) in [5.41, 5.74) is 5.32. The summed E-state index contributed by atoms with van der Waals surface area (Å²) in [6, 6.07) is 4.58. The van der Waals surface area contributed by atoms with Crippen molar-refractivity contribution in [2.75, 3.05) is 13.7 Å². The van der Waals surface area contributed by atoms with Gasteiger partial charge >= 0.3 is 0 Å². The average molecular weight is 383 g/mol. The molecule has 5 nitrogen and oxygen atoms in total. The molecule has 0 heterocycles. The normalized spacial score (nSPS) is 24.8. The van der Waals surface area contributed by atoms with E-state index in [-0.39, 0.29) is 34.8 Å². The summed E-state index contributed by atoms with van der Waals surface area (Å²) in [6.45, 7) is 2.32. The molecule has 0 spiro atoms. The lowest BCUT2D eigenvalue weighted by Gasteiger charge is -2.42. The molecule has 23 heavy (non-hydrogen) atoms. The Bertz CT molecular complexity index is 640. The number of rotatable bonds is 5. The van der Waals surface area contributed by atoms with Crippen LogP contribution >= 0.6 is 24.0 Å². The molecule has 8 heteroatoms. The minimum atomic E-state index is -3.77. The Morgan fingerprint density at radius 3 is 2.70 bits per heavy atom. The number of hydrogen-bond acceptors (Lipinski definition) is 4. The van der Waals surface area contributed by atoms with Gasteiger partial charge in [0.2, 0.25) is 10.0 Å². The summed E-state index contributed by atoms with van der Waals surface area (Å²) in [6.07, 6.45) is 3.78. The van der Waals surface area contributed by atoms with Gasteiger partial charge in [0.05, 0.1) is 12.1 Å². The van der Waals surface area contributed by atoms with Gasteiger partial charge in [-0.3, -0.25) is 0 Å². The van der Waals surface area contributed by atoms with Crippen molar-refractivity contribution in [3.05, 3.63) is 23.2 Å². The number of ether oxygens (including phenoxy) is 1. The zero-order valence-electron chi connectivity index (χ0n) is 13.3. The van der Waals surface area contributed by atoms with Crippen LogP contribution in [0.25, 0.3) is 0 Å². The van der Waals surface area contributed by atoms with E-state index >= 15 is 0 Å². The Kier molecular flexibility index (Phi) is 7.16. The fraction of sp³-hybridized carbons (Fsp3) is 0.600. The van der Waals surface area contributed by atoms with Gasteiger partial charge in [-0.2, -0.15) is 0 Å². The van der Waals surface area contributed by atoms with E-state index in [1.165, 1.54) is 19.2 Å². The molecule has 0 aromatic heterocycles. The Balaban J connectivity index is 0.00000264. The highest BCUT2D eigenvalue weighted by molar-refractivity contribution is 7.89. The van der Waals surface area contributed by atoms with Gasteiger partial charge in [-0.1, -0.05) is 31.4 Å². The molecule has 1 fully saturated rings. The number of hydrogen-bond donors (Lipinski definition) is 2. The molecule has 1 saturated carbocycles. The minimum Gasteiger partial charge on any atom is -0.497 e. The van der Waals surface area contributed by atoms with Crippen molar-refractivity contribution >= 4 is 34.0 Å². The summed E-state index contributed by atoms with van der Waals surface area (Å²) in [7, 11) is -2.28. The highest BCUT2D eigenvalue weighted by atomic mass is 35.5. The van der Waals surface area contributed by atoms with Crippen molar-refractivity contribution in [1.82, 2.24) is 4.72 Å². The van der Waals surface area contributed by atoms with Gasteiger partial charge in [0.25, 0.3) is 0 Å². The van der Waals surface area contributed by atoms with E-state index in [0.29, 0.717) is 5.75 Å². The Hall–Kier alpha value is -0.530. The molecular weight excluding hydrogens is 359 g/mol. The summed E-state index contributed by atoms with van der Waals surface area (Å²) >= 11 is 6.07. The fourth-order valence-corrected chi connectivity index (χ4v) is 5.10. The van der Waals surface area contributed by atoms with Crippen LogP contribution in [0.5, 0.6) is 5.75 Å². The maximum absolute atomic E-state index is 12.8. The SMILES string of the molecule is COc1ccc(Cl)c(S(=O)(=O)NC2(CN)CCCCC2C)c1.Cl. The van der Waals surface area contributed by atoms with Crippen LogP contribution in [-0.2, 0) is 10.0 Å². The van der Waals surface area contributed by atoms with Crippen LogP contribution in [0.1, 0.15) is 32.6 Å². The van der Waals surface area contributed by atoms with Crippen LogP contribution in [0.2, 0.25) is 5.02 Å². The van der Waals surface area contributed by atoms with Crippen LogP contribution in [0.3, 0.4) is 0 Å². The molecule has 132 valence electrons. The summed E-state index contributed by atoms with van der Waals surface area (Å²) in [5, 5.41) is 0.170. The van der Waals surface area contributed by atoms with Gasteiger partial charge in [-0.25, -0.2) is 13.1 Å². The standard InChI is InChI=1S/C15H23ClN2O3S.ClH/c1-11-5-3-4-8-15(11,10-17)18-22(19,20)14-9-12(21-2)6-7-13(14)16;/h6-7,9,11,18H,3-5,8,10,17H2,1-2H3;1H. The van der Waals surface area contributed by atoms with E-state index in [2.05, 4.69) is 4.72 Å². The zero-order chi connectivity index (χ0) is 16.4. The van der Waals surface area contributed by atoms with Crippen LogP contribution in [0.15, 0.2) is 23.1 Å². The molecule has 3 N–H and O–H groups in total. The lowest BCUT2D eigenvalue weighted by molar-refractivity contribution is 0.191. The van der Waals surface area contributed by atoms with Crippen LogP contribution in [0, 0.1) is 5.92 Å². The van der Waals surface area contributed by atoms with Gasteiger partial charge in [0.15, 0.2) is 0 Å². The summed E-state index contributed by atoms with van der Waals surface area (Å²) in [5.74, 6) is 0.633. The fourth-order valence-electron chi connectivity index (χ4n) is 3.05. The minimum absolute atomic E-state index is 0. The topological polar surface area (TPSA) is 81.4 Å². The average Bonchev–Trinajstić information content (AvgIpc) is 2.50. The second-order valence-electron chi connectivity index (χ2n) is 5.91. The van der Waals surface area contributed by atoms with Gasteiger partial charge in [-0.05, 0) is 30.9 Å². The molecule has 2 atom stereocenters. The Morgan fingerprint density at radius 1 is 1.43 bits per heavy atom. The largest absolute Gasteiger partial charge is 0.497 e. The summed E-state index contributed by atoms with van der Waals surface area (Å²) in [4.78, 5) is 0.0270. The Morgan fingerprint density at radius 2 is 2.13 bits per heavy atom. The van der Waals surface area contributed by atoms with Crippen molar-refractivity contribution < 1.29 is 13.2 Å². The molecular formula is C15H24Cl2N2O3S. The lowest BCUT2D eigenvalue weighted by atomic mass is 9.74. The van der Waals surface area contributed by atoms with Crippen LogP contribution < -0.4 is 15.2 Å². The molecule has 0 bridgehead atoms. The number of halogens is 2. The van der Waals surface area contributed by atoms with Crippen LogP contribution in [0.4, 0.5) is 0 Å². The zero-order valence-corrected chi connectivity index (χ0v) is 15.7. The highest BCUT2D eigenvalue weighted by Crippen LogP contribution is 2.35. The molecule has 0 radical (unpaired) electrons. The van der Waals surface area contributed by atoms with Crippen molar-refractivity contribution in [3.8, 4) is 5.75 Å². The van der Waals surface area contributed by atoms with E-state index in [4.69, 9.17) is 22.1 Å². The highest BCUT2D eigenvalue weighted by Gasteiger charge is 2.41. The molecule has 1 aliphatic carbocycles. The first-order valence-corrected chi connectivity index (χ1v) is 9.28. The number of nitrogens with two attached hydrogens (primary N) is 1. The molecule has 2 unspecified atom stereocenters. The van der Waals surface area contributed by atoms with Gasteiger partial charge in [-0.15, -0.1) is 12.4 Å². The van der Waals surface area contributed by atoms with E-state index in [0.717, 1.165) is 25.7 Å². The number of methoxy groups -OCH3 is 1. The number of sulfonamides is 1. The van der Waals surface area contributed by atoms with E-state index < -0.39 is 15.6 Å². The first-order valence-electron chi connectivity index (χ1n) is 7.42. The van der Waals surface area contributed by atoms with Crippen molar-refractivity contribution in [1.29, 1.82) is 0 Å². The van der Waals surface area contributed by atoms with E-state index in [9.17, 15) is 8.42 Å². The molecule has 1 aromatic carbocycles. The van der Waals surface area contributed by atoms with Crippen molar-refractivity contribution in [3.63, 3.8) is 0 Å². The maximum atomic E-state index is 12.8. The quantitative estimate of drug-likeness (QED) is 0.819. The molecule has 1 aromatic rings. The predicted molar refractivity (Wildman–Crippen MR) is 95.0 cm³/mol. The molecule has 0 saturated heterocycles. The summed E-state index contributed by atoms with van der Waals surface area (Å²) < 4.78 is 33.5. The van der Waals surface area contributed by atoms with E-state index in [1.54, 1.807) is 6.07 Å². The third kappa shape index (κ3) is 4.31. The van der Waals surface area contributed by atoms with Gasteiger partial charge in [0, 0.05) is 18.2 Å². The van der Waals surface area contributed by atoms with Crippen molar-refractivity contribution in [2.45, 2.75) is 43.0 Å². The molecule has 2 rings (SSSR count). The third-order valence-corrected chi connectivity index (χ3v) is 6.62. The smallest absolute Gasteiger partial charge is 0.242 e. The number of benzene rings is 1. The number of nitrogens with one attached hydrogen (secondary N) is 1. The van der Waals surface area contributed by atoms with Crippen molar-refractivity contribution in [2.24, 2.45) is 11.7 Å². The molecule has 1 aliphatic rings. The second kappa shape index (κ2) is 8.03. The molecule has 0 amide bonds.